The molecule has 1 fully saturated rings. The molecule has 0 amide bonds. The molecule has 1 saturated heterocycles. The number of aromatic nitrogens is 6. The third-order valence-electron chi connectivity index (χ3n) is 4.97. The Morgan fingerprint density at radius 1 is 0.962 bits per heavy atom. The van der Waals surface area contributed by atoms with Crippen molar-refractivity contribution >= 4 is 0 Å². The molecule has 134 valence electrons. The summed E-state index contributed by atoms with van der Waals surface area (Å²) in [7, 11) is 1.98. The number of nitrogens with zero attached hydrogens (tertiary/aromatic N) is 7. The van der Waals surface area contributed by atoms with Gasteiger partial charge in [0, 0.05) is 38.4 Å². The van der Waals surface area contributed by atoms with E-state index in [1.54, 1.807) is 18.7 Å². The molecular formula is C19H23N7. The summed E-state index contributed by atoms with van der Waals surface area (Å²) in [6, 6.07) is 0. The summed E-state index contributed by atoms with van der Waals surface area (Å²) in [5.41, 5.74) is 4.00. The van der Waals surface area contributed by atoms with Gasteiger partial charge in [0.1, 0.15) is 5.69 Å². The number of imidazole rings is 1. The lowest BCUT2D eigenvalue weighted by molar-refractivity contribution is 0.174. The van der Waals surface area contributed by atoms with Gasteiger partial charge < -0.3 is 4.57 Å². The Balaban J connectivity index is 1.34. The summed E-state index contributed by atoms with van der Waals surface area (Å²) in [5, 5.41) is 0. The molecule has 4 heterocycles. The van der Waals surface area contributed by atoms with Crippen LogP contribution in [0.2, 0.25) is 0 Å². The van der Waals surface area contributed by atoms with Gasteiger partial charge in [-0.15, -0.1) is 0 Å². The van der Waals surface area contributed by atoms with E-state index in [2.05, 4.69) is 24.8 Å². The van der Waals surface area contributed by atoms with Crippen molar-refractivity contribution in [2.75, 3.05) is 13.1 Å². The molecule has 7 heteroatoms. The first-order chi connectivity index (χ1) is 12.8. The van der Waals surface area contributed by atoms with Gasteiger partial charge in [-0.1, -0.05) is 0 Å². The van der Waals surface area contributed by atoms with Crippen molar-refractivity contribution in [3.63, 3.8) is 0 Å². The minimum atomic E-state index is 0.657. The summed E-state index contributed by atoms with van der Waals surface area (Å²) in [5.74, 6) is 0.657. The van der Waals surface area contributed by atoms with Crippen LogP contribution in [0, 0.1) is 5.92 Å². The number of hydrogen-bond acceptors (Lipinski definition) is 6. The van der Waals surface area contributed by atoms with E-state index in [1.165, 1.54) is 12.8 Å². The van der Waals surface area contributed by atoms with Gasteiger partial charge in [-0.25, -0.2) is 9.97 Å². The van der Waals surface area contributed by atoms with Crippen molar-refractivity contribution in [2.24, 2.45) is 13.0 Å². The van der Waals surface area contributed by atoms with Crippen molar-refractivity contribution in [3.8, 4) is 11.4 Å². The van der Waals surface area contributed by atoms with Crippen molar-refractivity contribution in [3.05, 3.63) is 54.9 Å². The maximum Gasteiger partial charge on any atom is 0.107 e. The number of hydrogen-bond donors (Lipinski definition) is 0. The number of aryl methyl sites for hydroxylation is 1. The van der Waals surface area contributed by atoms with E-state index < -0.39 is 0 Å². The van der Waals surface area contributed by atoms with Gasteiger partial charge in [0.05, 0.1) is 35.8 Å². The molecule has 7 nitrogen and oxygen atoms in total. The molecule has 4 rings (SSSR count). The van der Waals surface area contributed by atoms with E-state index in [1.807, 2.05) is 36.4 Å². The first kappa shape index (κ1) is 16.8. The van der Waals surface area contributed by atoms with Crippen molar-refractivity contribution < 1.29 is 0 Å². The number of piperidine rings is 1. The molecule has 0 N–H and O–H groups in total. The molecule has 0 atom stereocenters. The Hall–Kier alpha value is -2.67. The fraction of sp³-hybridized carbons (Fsp3) is 0.421. The fourth-order valence-corrected chi connectivity index (χ4v) is 3.52. The van der Waals surface area contributed by atoms with Crippen LogP contribution in [0.4, 0.5) is 0 Å². The third-order valence-corrected chi connectivity index (χ3v) is 4.97. The molecule has 0 saturated carbocycles. The number of rotatable bonds is 5. The zero-order valence-electron chi connectivity index (χ0n) is 15.0. The highest BCUT2D eigenvalue weighted by Gasteiger charge is 2.20. The summed E-state index contributed by atoms with van der Waals surface area (Å²) in [6.45, 7) is 3.07. The highest BCUT2D eigenvalue weighted by atomic mass is 15.1. The molecule has 0 radical (unpaired) electrons. The average Bonchev–Trinajstić information content (AvgIpc) is 3.10. The smallest absolute Gasteiger partial charge is 0.107 e. The highest BCUT2D eigenvalue weighted by Crippen LogP contribution is 2.23. The van der Waals surface area contributed by atoms with Gasteiger partial charge in [-0.05, 0) is 38.3 Å². The van der Waals surface area contributed by atoms with Crippen molar-refractivity contribution in [1.82, 2.24) is 34.4 Å². The first-order valence-corrected chi connectivity index (χ1v) is 9.03. The Kier molecular flexibility index (Phi) is 4.97. The van der Waals surface area contributed by atoms with E-state index >= 15 is 0 Å². The Labute approximate surface area is 153 Å². The van der Waals surface area contributed by atoms with Crippen LogP contribution in [0.5, 0.6) is 0 Å². The van der Waals surface area contributed by atoms with E-state index in [4.69, 9.17) is 4.98 Å². The second-order valence-electron chi connectivity index (χ2n) is 6.91. The standard InChI is InChI=1S/C19H23N7/c1-25-14-22-12-19(25)18-11-21-9-16(24-18)8-15-2-6-26(7-3-15)13-17-10-20-4-5-23-17/h4-5,9-12,14-15H,2-3,6-8,13H2,1H3. The minimum absolute atomic E-state index is 0.657. The third kappa shape index (κ3) is 3.94. The first-order valence-electron chi connectivity index (χ1n) is 9.03. The summed E-state index contributed by atoms with van der Waals surface area (Å²) >= 11 is 0. The Morgan fingerprint density at radius 3 is 2.54 bits per heavy atom. The minimum Gasteiger partial charge on any atom is -0.332 e. The summed E-state index contributed by atoms with van der Waals surface area (Å²) < 4.78 is 1.97. The molecule has 26 heavy (non-hydrogen) atoms. The van der Waals surface area contributed by atoms with E-state index in [0.717, 1.165) is 48.8 Å². The van der Waals surface area contributed by atoms with Crippen LogP contribution in [0.25, 0.3) is 11.4 Å². The lowest BCUT2D eigenvalue weighted by atomic mass is 9.92. The molecule has 1 aliphatic rings. The molecular weight excluding hydrogens is 326 g/mol. The molecule has 3 aromatic heterocycles. The molecule has 1 aliphatic heterocycles. The van der Waals surface area contributed by atoms with Crippen molar-refractivity contribution in [1.29, 1.82) is 0 Å². The van der Waals surface area contributed by atoms with Crippen LogP contribution in [0.1, 0.15) is 24.2 Å². The maximum absolute atomic E-state index is 4.80. The Bertz CT molecular complexity index is 838. The van der Waals surface area contributed by atoms with Gasteiger partial charge in [-0.2, -0.15) is 0 Å². The topological polar surface area (TPSA) is 72.6 Å². The van der Waals surface area contributed by atoms with Gasteiger partial charge in [0.25, 0.3) is 0 Å². The predicted octanol–water partition coefficient (Wildman–Crippen LogP) is 2.12. The summed E-state index contributed by atoms with van der Waals surface area (Å²) in [6.07, 6.45) is 16.0. The average molecular weight is 349 g/mol. The van der Waals surface area contributed by atoms with E-state index in [0.29, 0.717) is 5.92 Å². The SMILES string of the molecule is Cn1cncc1-c1cncc(CC2CCN(Cc3cnccn3)CC2)n1. The zero-order valence-corrected chi connectivity index (χ0v) is 15.0. The van der Waals surface area contributed by atoms with Crippen LogP contribution in [0.3, 0.4) is 0 Å². The largest absolute Gasteiger partial charge is 0.332 e. The van der Waals surface area contributed by atoms with Crippen LogP contribution in [-0.4, -0.2) is 47.5 Å². The maximum atomic E-state index is 4.80. The fourth-order valence-electron chi connectivity index (χ4n) is 3.52. The molecule has 0 unspecified atom stereocenters. The summed E-state index contributed by atoms with van der Waals surface area (Å²) in [4.78, 5) is 24.3. The molecule has 0 aliphatic carbocycles. The molecule has 0 bridgehead atoms. The van der Waals surface area contributed by atoms with Crippen molar-refractivity contribution in [2.45, 2.75) is 25.8 Å². The lowest BCUT2D eigenvalue weighted by Gasteiger charge is -2.31. The monoisotopic (exact) mass is 349 g/mol. The van der Waals surface area contributed by atoms with Gasteiger partial charge in [-0.3, -0.25) is 19.9 Å². The van der Waals surface area contributed by atoms with E-state index in [9.17, 15) is 0 Å². The second-order valence-corrected chi connectivity index (χ2v) is 6.91. The molecule has 3 aromatic rings. The highest BCUT2D eigenvalue weighted by molar-refractivity contribution is 5.52. The van der Waals surface area contributed by atoms with Crippen LogP contribution in [-0.2, 0) is 20.0 Å². The predicted molar refractivity (Wildman–Crippen MR) is 98.0 cm³/mol. The quantitative estimate of drug-likeness (QED) is 0.702. The molecule has 0 aromatic carbocycles. The Morgan fingerprint density at radius 2 is 1.81 bits per heavy atom. The van der Waals surface area contributed by atoms with E-state index in [-0.39, 0.29) is 0 Å². The normalized spacial score (nSPS) is 16.0. The lowest BCUT2D eigenvalue weighted by Crippen LogP contribution is -2.34. The molecule has 0 spiro atoms. The second kappa shape index (κ2) is 7.70. The van der Waals surface area contributed by atoms with Gasteiger partial charge in [0.2, 0.25) is 0 Å². The van der Waals surface area contributed by atoms with Gasteiger partial charge in [0.15, 0.2) is 0 Å². The van der Waals surface area contributed by atoms with Gasteiger partial charge >= 0.3 is 0 Å². The zero-order chi connectivity index (χ0) is 17.8. The van der Waals surface area contributed by atoms with Crippen LogP contribution < -0.4 is 0 Å². The van der Waals surface area contributed by atoms with Crippen LogP contribution in [0.15, 0.2) is 43.5 Å². The number of likely N-dealkylation sites (tertiary alicyclic amines) is 1. The van der Waals surface area contributed by atoms with Crippen LogP contribution >= 0.6 is 0 Å².